The van der Waals surface area contributed by atoms with E-state index in [9.17, 15) is 5.26 Å². The molecule has 0 fully saturated rings. The van der Waals surface area contributed by atoms with Gasteiger partial charge in [0.25, 0.3) is 0 Å². The molecule has 0 bridgehead atoms. The smallest absolute Gasteiger partial charge is 0.189 e. The minimum atomic E-state index is 0.204. The van der Waals surface area contributed by atoms with Crippen LogP contribution >= 0.6 is 23.4 Å². The summed E-state index contributed by atoms with van der Waals surface area (Å²) in [5.41, 5.74) is 3.04. The maximum Gasteiger partial charge on any atom is 0.189 e. The highest BCUT2D eigenvalue weighted by molar-refractivity contribution is 7.98. The molecule has 102 valence electrons. The maximum atomic E-state index is 9.25. The van der Waals surface area contributed by atoms with Crippen LogP contribution in [0.1, 0.15) is 30.9 Å². The van der Waals surface area contributed by atoms with Crippen LogP contribution in [-0.4, -0.2) is 16.2 Å². The van der Waals surface area contributed by atoms with Crippen LogP contribution in [0.25, 0.3) is 11.3 Å². The molecule has 0 amide bonds. The van der Waals surface area contributed by atoms with Gasteiger partial charge in [-0.2, -0.15) is 5.26 Å². The lowest BCUT2D eigenvalue weighted by Gasteiger charge is -2.09. The molecular weight excluding hydrogens is 290 g/mol. The largest absolute Gasteiger partial charge is 0.221 e. The molecule has 0 saturated heterocycles. The van der Waals surface area contributed by atoms with Crippen molar-refractivity contribution in [1.82, 2.24) is 9.97 Å². The number of halogens is 1. The average Bonchev–Trinajstić information content (AvgIpc) is 2.46. The van der Waals surface area contributed by atoms with Crippen molar-refractivity contribution < 1.29 is 0 Å². The number of nitrogens with zero attached hydrogens (tertiary/aromatic N) is 3. The lowest BCUT2D eigenvalue weighted by molar-refractivity contribution is 0.866. The van der Waals surface area contributed by atoms with Gasteiger partial charge in [0.2, 0.25) is 0 Å². The van der Waals surface area contributed by atoms with E-state index in [0.29, 0.717) is 22.3 Å². The molecule has 0 aliphatic rings. The highest BCUT2D eigenvalue weighted by Gasteiger charge is 2.14. The van der Waals surface area contributed by atoms with Crippen molar-refractivity contribution in [3.63, 3.8) is 0 Å². The first-order valence-electron chi connectivity index (χ1n) is 6.18. The SMILES string of the molecule is CSc1nc(Cl)c(C#N)c(-c2ccc(C(C)C)cc2)n1. The Morgan fingerprint density at radius 2 is 1.85 bits per heavy atom. The fraction of sp³-hybridized carbons (Fsp3) is 0.267. The van der Waals surface area contributed by atoms with Gasteiger partial charge >= 0.3 is 0 Å². The first-order chi connectivity index (χ1) is 9.56. The van der Waals surface area contributed by atoms with E-state index in [0.717, 1.165) is 5.56 Å². The van der Waals surface area contributed by atoms with Crippen molar-refractivity contribution >= 4 is 23.4 Å². The van der Waals surface area contributed by atoms with Gasteiger partial charge < -0.3 is 0 Å². The molecule has 3 nitrogen and oxygen atoms in total. The van der Waals surface area contributed by atoms with Crippen LogP contribution in [0.5, 0.6) is 0 Å². The molecule has 0 aliphatic carbocycles. The summed E-state index contributed by atoms with van der Waals surface area (Å²) in [7, 11) is 0. The monoisotopic (exact) mass is 303 g/mol. The molecule has 0 saturated carbocycles. The summed E-state index contributed by atoms with van der Waals surface area (Å²) in [5, 5.41) is 10.0. The number of hydrogen-bond acceptors (Lipinski definition) is 4. The van der Waals surface area contributed by atoms with Gasteiger partial charge in [0.1, 0.15) is 11.6 Å². The summed E-state index contributed by atoms with van der Waals surface area (Å²) < 4.78 is 0. The molecule has 0 atom stereocenters. The second kappa shape index (κ2) is 6.25. The molecule has 0 spiro atoms. The van der Waals surface area contributed by atoms with Gasteiger partial charge in [0.15, 0.2) is 10.3 Å². The van der Waals surface area contributed by atoms with Gasteiger partial charge in [0, 0.05) is 5.56 Å². The summed E-state index contributed by atoms with van der Waals surface area (Å²) in [4.78, 5) is 8.50. The summed E-state index contributed by atoms with van der Waals surface area (Å²) in [6.45, 7) is 4.28. The third kappa shape index (κ3) is 2.95. The number of nitriles is 1. The van der Waals surface area contributed by atoms with Crippen LogP contribution in [0.15, 0.2) is 29.4 Å². The molecule has 0 N–H and O–H groups in total. The zero-order chi connectivity index (χ0) is 14.7. The Morgan fingerprint density at radius 1 is 1.20 bits per heavy atom. The topological polar surface area (TPSA) is 49.6 Å². The quantitative estimate of drug-likeness (QED) is 0.475. The van der Waals surface area contributed by atoms with Crippen molar-refractivity contribution in [2.75, 3.05) is 6.26 Å². The lowest BCUT2D eigenvalue weighted by Crippen LogP contribution is -1.97. The molecule has 1 heterocycles. The number of rotatable bonds is 3. The molecule has 0 radical (unpaired) electrons. The van der Waals surface area contributed by atoms with Crippen LogP contribution in [0.4, 0.5) is 0 Å². The van der Waals surface area contributed by atoms with Crippen molar-refractivity contribution in [2.24, 2.45) is 0 Å². The summed E-state index contributed by atoms with van der Waals surface area (Å²) in [6.07, 6.45) is 1.88. The number of aromatic nitrogens is 2. The Bertz CT molecular complexity index is 660. The highest BCUT2D eigenvalue weighted by Crippen LogP contribution is 2.29. The zero-order valence-corrected chi connectivity index (χ0v) is 13.1. The first-order valence-corrected chi connectivity index (χ1v) is 7.79. The van der Waals surface area contributed by atoms with Crippen molar-refractivity contribution in [3.8, 4) is 17.3 Å². The fourth-order valence-electron chi connectivity index (χ4n) is 1.84. The minimum absolute atomic E-state index is 0.204. The van der Waals surface area contributed by atoms with Crippen LogP contribution in [0, 0.1) is 11.3 Å². The molecular formula is C15H14ClN3S. The van der Waals surface area contributed by atoms with Gasteiger partial charge in [-0.05, 0) is 17.7 Å². The standard InChI is InChI=1S/C15H14ClN3S/c1-9(2)10-4-6-11(7-5-10)13-12(8-17)14(16)19-15(18-13)20-3/h4-7,9H,1-3H3. The third-order valence-corrected chi connectivity index (χ3v) is 3.81. The van der Waals surface area contributed by atoms with Crippen LogP contribution < -0.4 is 0 Å². The Kier molecular flexibility index (Phi) is 4.64. The van der Waals surface area contributed by atoms with E-state index in [-0.39, 0.29) is 5.15 Å². The Hall–Kier alpha value is -1.57. The average molecular weight is 304 g/mol. The third-order valence-electron chi connectivity index (χ3n) is 2.99. The Morgan fingerprint density at radius 3 is 2.35 bits per heavy atom. The number of benzene rings is 1. The predicted molar refractivity (Wildman–Crippen MR) is 83.1 cm³/mol. The van der Waals surface area contributed by atoms with E-state index in [1.165, 1.54) is 17.3 Å². The minimum Gasteiger partial charge on any atom is -0.221 e. The summed E-state index contributed by atoms with van der Waals surface area (Å²) in [5.74, 6) is 0.468. The van der Waals surface area contributed by atoms with Gasteiger partial charge in [-0.15, -0.1) is 0 Å². The van der Waals surface area contributed by atoms with Gasteiger partial charge in [0.05, 0.1) is 5.69 Å². The van der Waals surface area contributed by atoms with E-state index in [1.54, 1.807) is 0 Å². The van der Waals surface area contributed by atoms with Crippen LogP contribution in [0.3, 0.4) is 0 Å². The zero-order valence-electron chi connectivity index (χ0n) is 11.5. The van der Waals surface area contributed by atoms with Gasteiger partial charge in [-0.3, -0.25) is 0 Å². The molecule has 2 aromatic rings. The van der Waals surface area contributed by atoms with E-state index in [4.69, 9.17) is 11.6 Å². The van der Waals surface area contributed by atoms with Crippen molar-refractivity contribution in [1.29, 1.82) is 5.26 Å². The van der Waals surface area contributed by atoms with E-state index < -0.39 is 0 Å². The molecule has 2 rings (SSSR count). The summed E-state index contributed by atoms with van der Waals surface area (Å²) in [6, 6.07) is 10.1. The molecule has 1 aromatic carbocycles. The second-order valence-electron chi connectivity index (χ2n) is 4.61. The lowest BCUT2D eigenvalue weighted by atomic mass is 10.00. The van der Waals surface area contributed by atoms with E-state index in [2.05, 4.69) is 42.0 Å². The van der Waals surface area contributed by atoms with Crippen LogP contribution in [-0.2, 0) is 0 Å². The summed E-state index contributed by atoms with van der Waals surface area (Å²) >= 11 is 7.46. The highest BCUT2D eigenvalue weighted by atomic mass is 35.5. The maximum absolute atomic E-state index is 9.25. The Labute approximate surface area is 128 Å². The van der Waals surface area contributed by atoms with Gasteiger partial charge in [-0.25, -0.2) is 9.97 Å². The van der Waals surface area contributed by atoms with Crippen molar-refractivity contribution in [3.05, 3.63) is 40.5 Å². The first kappa shape index (κ1) is 14.8. The molecule has 0 unspecified atom stereocenters. The Balaban J connectivity index is 2.56. The number of thioether (sulfide) groups is 1. The second-order valence-corrected chi connectivity index (χ2v) is 5.74. The normalized spacial score (nSPS) is 10.6. The van der Waals surface area contributed by atoms with E-state index in [1.807, 2.05) is 18.4 Å². The van der Waals surface area contributed by atoms with Gasteiger partial charge in [-0.1, -0.05) is 61.5 Å². The molecule has 0 aliphatic heterocycles. The number of hydrogen-bond donors (Lipinski definition) is 0. The molecule has 20 heavy (non-hydrogen) atoms. The molecule has 1 aromatic heterocycles. The fourth-order valence-corrected chi connectivity index (χ4v) is 2.47. The van der Waals surface area contributed by atoms with E-state index >= 15 is 0 Å². The van der Waals surface area contributed by atoms with Crippen LogP contribution in [0.2, 0.25) is 5.15 Å². The molecule has 5 heteroatoms. The predicted octanol–water partition coefficient (Wildman–Crippen LogP) is 4.51. The van der Waals surface area contributed by atoms with Crippen molar-refractivity contribution in [2.45, 2.75) is 24.9 Å².